The molecule has 0 atom stereocenters. The third kappa shape index (κ3) is 7.82. The molecule has 19 rings (SSSR count). The highest BCUT2D eigenvalue weighted by atomic mass is 32.1. The molecule has 6 heteroatoms. The van der Waals surface area contributed by atoms with E-state index in [4.69, 9.17) is 0 Å². The van der Waals surface area contributed by atoms with Gasteiger partial charge >= 0.3 is 0 Å². The lowest BCUT2D eigenvalue weighted by molar-refractivity contribution is 1.17. The molecule has 0 aliphatic rings. The molecule has 0 radical (unpaired) electrons. The standard InChI is InChI=1S/C85H51N5S/c86-52-53-26-36-62(37-27-53)87-75-43-33-59(58-35-45-77-70(48-58)65-18-7-10-22-73(65)90(77)80-24-13-21-67-66-19-9-12-25-82(66)91-85(67)80)49-71(75)72-50-60(34-44-76(72)87)61-32-42-69-81(51-61)89(64-40-30-57(31-41-64)55-16-5-2-6-17-55)79-47-46-78-83(84(69)79)68-20-8-11-23-74(68)88(78)63-38-28-56(29-39-63)54-14-3-1-4-15-54/h1-51H. The first-order chi connectivity index (χ1) is 45.1. The van der Waals surface area contributed by atoms with Crippen LogP contribution in [-0.2, 0) is 0 Å². The van der Waals surface area contributed by atoms with E-state index in [9.17, 15) is 5.26 Å². The summed E-state index contributed by atoms with van der Waals surface area (Å²) in [5.74, 6) is 0. The lowest BCUT2D eigenvalue weighted by Crippen LogP contribution is -1.95. The van der Waals surface area contributed by atoms with E-state index in [0.29, 0.717) is 5.56 Å². The van der Waals surface area contributed by atoms with E-state index in [1.54, 1.807) is 0 Å². The van der Waals surface area contributed by atoms with E-state index in [-0.39, 0.29) is 0 Å². The Bertz CT molecular complexity index is 6230. The molecule has 5 aromatic heterocycles. The Kier molecular flexibility index (Phi) is 11.2. The second kappa shape index (κ2) is 20.0. The molecule has 0 bridgehead atoms. The van der Waals surface area contributed by atoms with Crippen LogP contribution in [0.5, 0.6) is 0 Å². The van der Waals surface area contributed by atoms with Crippen molar-refractivity contribution < 1.29 is 0 Å². The maximum absolute atomic E-state index is 9.89. The lowest BCUT2D eigenvalue weighted by Gasteiger charge is -2.11. The molecule has 91 heavy (non-hydrogen) atoms. The van der Waals surface area contributed by atoms with E-state index in [1.165, 1.54) is 102 Å². The van der Waals surface area contributed by atoms with Crippen LogP contribution in [0.1, 0.15) is 5.56 Å². The first-order valence-electron chi connectivity index (χ1n) is 30.9. The van der Waals surface area contributed by atoms with Crippen molar-refractivity contribution in [2.75, 3.05) is 0 Å². The molecule has 19 aromatic rings. The van der Waals surface area contributed by atoms with Gasteiger partial charge in [-0.05, 0) is 172 Å². The fraction of sp³-hybridized carbons (Fsp3) is 0. The van der Waals surface area contributed by atoms with Gasteiger partial charge in [0.25, 0.3) is 0 Å². The van der Waals surface area contributed by atoms with Crippen LogP contribution in [0.4, 0.5) is 0 Å². The third-order valence-electron chi connectivity index (χ3n) is 19.0. The summed E-state index contributed by atoms with van der Waals surface area (Å²) in [5, 5.41) is 22.1. The molecule has 0 fully saturated rings. The van der Waals surface area contributed by atoms with Gasteiger partial charge in [0.15, 0.2) is 0 Å². The molecule has 0 N–H and O–H groups in total. The Labute approximate surface area is 527 Å². The predicted molar refractivity (Wildman–Crippen MR) is 383 cm³/mol. The van der Waals surface area contributed by atoms with E-state index in [0.717, 1.165) is 72.2 Å². The monoisotopic (exact) mass is 1170 g/mol. The highest BCUT2D eigenvalue weighted by Gasteiger charge is 2.24. The van der Waals surface area contributed by atoms with Crippen LogP contribution in [0.3, 0.4) is 0 Å². The summed E-state index contributed by atoms with van der Waals surface area (Å²) in [4.78, 5) is 0. The number of para-hydroxylation sites is 2. The zero-order valence-corrected chi connectivity index (χ0v) is 49.9. The number of thiophene rings is 1. The van der Waals surface area contributed by atoms with Crippen molar-refractivity contribution in [3.8, 4) is 73.3 Å². The van der Waals surface area contributed by atoms with Crippen LogP contribution >= 0.6 is 11.3 Å². The molecular formula is C85H51N5S. The smallest absolute Gasteiger partial charge is 0.0991 e. The van der Waals surface area contributed by atoms with E-state index < -0.39 is 0 Å². The molecule has 0 spiro atoms. The van der Waals surface area contributed by atoms with Gasteiger partial charge in [-0.15, -0.1) is 11.3 Å². The second-order valence-corrected chi connectivity index (χ2v) is 24.9. The van der Waals surface area contributed by atoms with Gasteiger partial charge in [0.2, 0.25) is 0 Å². The van der Waals surface area contributed by atoms with E-state index in [1.807, 2.05) is 23.5 Å². The molecule has 0 saturated carbocycles. The minimum atomic E-state index is 0.631. The average molecular weight is 1170 g/mol. The normalized spacial score (nSPS) is 11.9. The van der Waals surface area contributed by atoms with Gasteiger partial charge in [-0.3, -0.25) is 0 Å². The van der Waals surface area contributed by atoms with Crippen molar-refractivity contribution in [2.24, 2.45) is 0 Å². The Morgan fingerprint density at radius 1 is 0.242 bits per heavy atom. The first-order valence-corrected chi connectivity index (χ1v) is 31.8. The first kappa shape index (κ1) is 51.1. The summed E-state index contributed by atoms with van der Waals surface area (Å²) in [6.07, 6.45) is 0. The summed E-state index contributed by atoms with van der Waals surface area (Å²) >= 11 is 1.87. The van der Waals surface area contributed by atoms with Crippen LogP contribution in [0.25, 0.3) is 175 Å². The van der Waals surface area contributed by atoms with Crippen molar-refractivity contribution >= 4 is 119 Å². The average Bonchev–Trinajstić information content (AvgIpc) is 1.57. The van der Waals surface area contributed by atoms with Crippen LogP contribution in [0, 0.1) is 11.3 Å². The topological polar surface area (TPSA) is 43.5 Å². The lowest BCUT2D eigenvalue weighted by atomic mass is 9.98. The fourth-order valence-corrected chi connectivity index (χ4v) is 16.0. The number of nitriles is 1. The minimum absolute atomic E-state index is 0.631. The van der Waals surface area contributed by atoms with Crippen molar-refractivity contribution in [1.82, 2.24) is 18.3 Å². The zero-order chi connectivity index (χ0) is 59.8. The van der Waals surface area contributed by atoms with E-state index in [2.05, 4.69) is 322 Å². The highest BCUT2D eigenvalue weighted by Crippen LogP contribution is 2.47. The van der Waals surface area contributed by atoms with Gasteiger partial charge in [-0.25, -0.2) is 0 Å². The molecule has 0 amide bonds. The molecule has 5 nitrogen and oxygen atoms in total. The van der Waals surface area contributed by atoms with Gasteiger partial charge in [-0.1, -0.05) is 182 Å². The van der Waals surface area contributed by atoms with Crippen LogP contribution in [-0.4, -0.2) is 18.3 Å². The Morgan fingerprint density at radius 3 is 1.21 bits per heavy atom. The van der Waals surface area contributed by atoms with Crippen LogP contribution < -0.4 is 0 Å². The van der Waals surface area contributed by atoms with Gasteiger partial charge < -0.3 is 18.3 Å². The van der Waals surface area contributed by atoms with Crippen molar-refractivity contribution in [1.29, 1.82) is 5.26 Å². The minimum Gasteiger partial charge on any atom is -0.309 e. The summed E-state index contributed by atoms with van der Waals surface area (Å²) in [6, 6.07) is 116. The molecular weight excluding hydrogens is 1120 g/mol. The second-order valence-electron chi connectivity index (χ2n) is 23.9. The van der Waals surface area contributed by atoms with Gasteiger partial charge in [0.1, 0.15) is 0 Å². The SMILES string of the molecule is N#Cc1ccc(-n2c3ccc(-c4ccc5c(c4)c4ccccc4n5-c4cccc5c4sc4ccccc45)cc3c3cc(-c4ccc5c6c7c8ccccc8n(-c8ccc(-c9ccccc9)cc8)c7ccc6n(-c6ccc(-c7ccccc7)cc6)c5c4)ccc32)cc1. The largest absolute Gasteiger partial charge is 0.309 e. The van der Waals surface area contributed by atoms with Crippen LogP contribution in [0.15, 0.2) is 309 Å². The maximum Gasteiger partial charge on any atom is 0.0991 e. The van der Waals surface area contributed by atoms with E-state index >= 15 is 0 Å². The molecule has 0 aliphatic carbocycles. The number of hydrogen-bond acceptors (Lipinski definition) is 2. The fourth-order valence-electron chi connectivity index (χ4n) is 14.8. The van der Waals surface area contributed by atoms with Crippen molar-refractivity contribution in [3.63, 3.8) is 0 Å². The quantitative estimate of drug-likeness (QED) is 0.150. The Morgan fingerprint density at radius 2 is 0.626 bits per heavy atom. The molecule has 5 heterocycles. The predicted octanol–water partition coefficient (Wildman–Crippen LogP) is 23.0. The molecule has 0 saturated heterocycles. The molecule has 422 valence electrons. The van der Waals surface area contributed by atoms with Gasteiger partial charge in [0.05, 0.1) is 66.2 Å². The number of hydrogen-bond donors (Lipinski definition) is 0. The Hall–Kier alpha value is -12.0. The summed E-state index contributed by atoms with van der Waals surface area (Å²) in [5.41, 5.74) is 23.5. The highest BCUT2D eigenvalue weighted by molar-refractivity contribution is 7.26. The van der Waals surface area contributed by atoms with Crippen molar-refractivity contribution in [3.05, 3.63) is 315 Å². The third-order valence-corrected chi connectivity index (χ3v) is 20.2. The molecule has 14 aromatic carbocycles. The molecule has 0 aliphatic heterocycles. The van der Waals surface area contributed by atoms with Gasteiger partial charge in [0, 0.05) is 75.6 Å². The Balaban J connectivity index is 0.796. The molecule has 0 unspecified atom stereocenters. The summed E-state index contributed by atoms with van der Waals surface area (Å²) in [6.45, 7) is 0. The van der Waals surface area contributed by atoms with Crippen LogP contribution in [0.2, 0.25) is 0 Å². The van der Waals surface area contributed by atoms with Crippen molar-refractivity contribution in [2.45, 2.75) is 0 Å². The number of aromatic nitrogens is 4. The number of rotatable bonds is 8. The summed E-state index contributed by atoms with van der Waals surface area (Å²) < 4.78 is 12.3. The number of nitrogens with zero attached hydrogens (tertiary/aromatic N) is 5. The van der Waals surface area contributed by atoms with Gasteiger partial charge in [-0.2, -0.15) is 5.26 Å². The summed E-state index contributed by atoms with van der Waals surface area (Å²) in [7, 11) is 0. The number of fused-ring (bicyclic) bond motifs is 16. The maximum atomic E-state index is 9.89. The zero-order valence-electron chi connectivity index (χ0n) is 49.1. The number of benzene rings is 14.